The van der Waals surface area contributed by atoms with Gasteiger partial charge in [0.15, 0.2) is 0 Å². The van der Waals surface area contributed by atoms with E-state index in [1.54, 1.807) is 0 Å². The van der Waals surface area contributed by atoms with Gasteiger partial charge in [-0.25, -0.2) is 0 Å². The Morgan fingerprint density at radius 3 is 2.50 bits per heavy atom. The van der Waals surface area contributed by atoms with Crippen molar-refractivity contribution >= 4 is 0 Å². The largest absolute Gasteiger partial charge is 0.313 e. The first-order chi connectivity index (χ1) is 9.61. The number of hydrogen-bond donors (Lipinski definition) is 1. The lowest BCUT2D eigenvalue weighted by Gasteiger charge is -2.11. The predicted octanol–water partition coefficient (Wildman–Crippen LogP) is 4.17. The fourth-order valence-corrected chi connectivity index (χ4v) is 2.24. The van der Waals surface area contributed by atoms with Crippen molar-refractivity contribution in [3.8, 4) is 11.1 Å². The molecule has 2 aromatic rings. The first-order valence-corrected chi connectivity index (χ1v) is 7.35. The first-order valence-electron chi connectivity index (χ1n) is 7.35. The zero-order chi connectivity index (χ0) is 14.5. The zero-order valence-corrected chi connectivity index (χ0v) is 13.0. The summed E-state index contributed by atoms with van der Waals surface area (Å²) in [6, 6.07) is 8.89. The van der Waals surface area contributed by atoms with E-state index in [-0.39, 0.29) is 0 Å². The Bertz CT molecular complexity index is 588. The van der Waals surface area contributed by atoms with Gasteiger partial charge in [-0.1, -0.05) is 19.1 Å². The predicted molar refractivity (Wildman–Crippen MR) is 85.9 cm³/mol. The molecule has 0 amide bonds. The van der Waals surface area contributed by atoms with Crippen molar-refractivity contribution in [3.63, 3.8) is 0 Å². The quantitative estimate of drug-likeness (QED) is 0.823. The first kappa shape index (κ1) is 14.7. The summed E-state index contributed by atoms with van der Waals surface area (Å²) < 4.78 is 0. The van der Waals surface area contributed by atoms with Crippen LogP contribution in [0.1, 0.15) is 35.7 Å². The Morgan fingerprint density at radius 2 is 1.80 bits per heavy atom. The van der Waals surface area contributed by atoms with Crippen LogP contribution in [0.25, 0.3) is 11.1 Å². The Kier molecular flexibility index (Phi) is 4.91. The van der Waals surface area contributed by atoms with Crippen LogP contribution in [-0.4, -0.2) is 11.5 Å². The van der Waals surface area contributed by atoms with Crippen molar-refractivity contribution in [3.05, 3.63) is 52.8 Å². The van der Waals surface area contributed by atoms with Crippen molar-refractivity contribution in [2.45, 2.75) is 40.7 Å². The van der Waals surface area contributed by atoms with Crippen molar-refractivity contribution in [2.75, 3.05) is 6.54 Å². The minimum Gasteiger partial charge on any atom is -0.313 e. The summed E-state index contributed by atoms with van der Waals surface area (Å²) in [5, 5.41) is 3.48. The van der Waals surface area contributed by atoms with Crippen molar-refractivity contribution < 1.29 is 0 Å². The number of nitrogens with one attached hydrogen (secondary N) is 1. The van der Waals surface area contributed by atoms with Gasteiger partial charge in [0.05, 0.1) is 0 Å². The molecule has 0 saturated carbocycles. The van der Waals surface area contributed by atoms with Crippen LogP contribution in [0.3, 0.4) is 0 Å². The third-order valence-electron chi connectivity index (χ3n) is 3.76. The minimum atomic E-state index is 0.936. The summed E-state index contributed by atoms with van der Waals surface area (Å²) in [6.07, 6.45) is 3.13. The van der Waals surface area contributed by atoms with Crippen LogP contribution in [0.5, 0.6) is 0 Å². The molecule has 2 heteroatoms. The molecule has 2 nitrogen and oxygen atoms in total. The lowest BCUT2D eigenvalue weighted by atomic mass is 9.99. The average Bonchev–Trinajstić information content (AvgIpc) is 2.44. The van der Waals surface area contributed by atoms with Gasteiger partial charge in [-0.3, -0.25) is 4.98 Å². The molecule has 0 aliphatic carbocycles. The number of nitrogens with zero attached hydrogens (tertiary/aromatic N) is 1. The van der Waals surface area contributed by atoms with Crippen LogP contribution >= 0.6 is 0 Å². The highest BCUT2D eigenvalue weighted by Gasteiger charge is 2.04. The van der Waals surface area contributed by atoms with Gasteiger partial charge in [-0.2, -0.15) is 0 Å². The normalized spacial score (nSPS) is 10.8. The summed E-state index contributed by atoms with van der Waals surface area (Å²) in [6.45, 7) is 10.5. The van der Waals surface area contributed by atoms with Gasteiger partial charge in [0.1, 0.15) is 0 Å². The lowest BCUT2D eigenvalue weighted by molar-refractivity contribution is 0.673. The molecule has 0 unspecified atom stereocenters. The summed E-state index contributed by atoms with van der Waals surface area (Å²) in [4.78, 5) is 4.47. The number of pyridine rings is 1. The lowest BCUT2D eigenvalue weighted by Crippen LogP contribution is -2.14. The van der Waals surface area contributed by atoms with Crippen LogP contribution in [0.2, 0.25) is 0 Å². The van der Waals surface area contributed by atoms with Crippen LogP contribution in [0.15, 0.2) is 30.5 Å². The fraction of sp³-hybridized carbons (Fsp3) is 0.389. The molecule has 0 radical (unpaired) electrons. The smallest absolute Gasteiger partial charge is 0.0402 e. The Balaban J connectivity index is 2.27. The summed E-state index contributed by atoms with van der Waals surface area (Å²) >= 11 is 0. The topological polar surface area (TPSA) is 24.9 Å². The fourth-order valence-electron chi connectivity index (χ4n) is 2.24. The maximum atomic E-state index is 4.47. The molecular formula is C18H24N2. The maximum absolute atomic E-state index is 4.47. The van der Waals surface area contributed by atoms with Crippen molar-refractivity contribution in [1.82, 2.24) is 10.3 Å². The number of hydrogen-bond acceptors (Lipinski definition) is 2. The molecule has 0 aliphatic rings. The van der Waals surface area contributed by atoms with Crippen LogP contribution in [0, 0.1) is 20.8 Å². The van der Waals surface area contributed by atoms with Gasteiger partial charge in [-0.15, -0.1) is 0 Å². The van der Waals surface area contributed by atoms with E-state index < -0.39 is 0 Å². The van der Waals surface area contributed by atoms with Gasteiger partial charge in [0, 0.05) is 24.0 Å². The Labute approximate surface area is 122 Å². The van der Waals surface area contributed by atoms with Gasteiger partial charge in [0.25, 0.3) is 0 Å². The van der Waals surface area contributed by atoms with Gasteiger partial charge in [-0.05, 0) is 68.1 Å². The molecular weight excluding hydrogens is 244 g/mol. The third kappa shape index (κ3) is 3.45. The molecule has 20 heavy (non-hydrogen) atoms. The number of aryl methyl sites for hydroxylation is 3. The molecule has 2 rings (SSSR count). The van der Waals surface area contributed by atoms with E-state index in [0.29, 0.717) is 0 Å². The molecule has 0 atom stereocenters. The highest BCUT2D eigenvalue weighted by Crippen LogP contribution is 2.23. The van der Waals surface area contributed by atoms with E-state index in [2.05, 4.69) is 55.3 Å². The Morgan fingerprint density at radius 1 is 1.00 bits per heavy atom. The number of aromatic nitrogens is 1. The molecule has 0 saturated heterocycles. The second-order valence-corrected chi connectivity index (χ2v) is 5.44. The van der Waals surface area contributed by atoms with E-state index >= 15 is 0 Å². The maximum Gasteiger partial charge on any atom is 0.0402 e. The standard InChI is InChI=1S/C18H24N2/c1-5-8-19-11-17-10-16(7-6-13(17)2)18-9-14(3)15(4)20-12-18/h6-7,9-10,12,19H,5,8,11H2,1-4H3. The summed E-state index contributed by atoms with van der Waals surface area (Å²) in [7, 11) is 0. The van der Waals surface area contributed by atoms with E-state index in [9.17, 15) is 0 Å². The van der Waals surface area contributed by atoms with Gasteiger partial charge < -0.3 is 5.32 Å². The zero-order valence-electron chi connectivity index (χ0n) is 13.0. The second kappa shape index (κ2) is 6.67. The van der Waals surface area contributed by atoms with E-state index in [4.69, 9.17) is 0 Å². The van der Waals surface area contributed by atoms with E-state index in [1.165, 1.54) is 34.2 Å². The van der Waals surface area contributed by atoms with Crippen LogP contribution < -0.4 is 5.32 Å². The monoisotopic (exact) mass is 268 g/mol. The molecule has 0 spiro atoms. The molecule has 1 aromatic heterocycles. The third-order valence-corrected chi connectivity index (χ3v) is 3.76. The highest BCUT2D eigenvalue weighted by molar-refractivity contribution is 5.65. The van der Waals surface area contributed by atoms with E-state index in [1.807, 2.05) is 13.1 Å². The van der Waals surface area contributed by atoms with Crippen LogP contribution in [-0.2, 0) is 6.54 Å². The van der Waals surface area contributed by atoms with Crippen molar-refractivity contribution in [1.29, 1.82) is 0 Å². The average molecular weight is 268 g/mol. The number of benzene rings is 1. The summed E-state index contributed by atoms with van der Waals surface area (Å²) in [5.74, 6) is 0. The van der Waals surface area contributed by atoms with Gasteiger partial charge in [0.2, 0.25) is 0 Å². The molecule has 1 N–H and O–H groups in total. The van der Waals surface area contributed by atoms with Crippen LogP contribution in [0.4, 0.5) is 0 Å². The number of rotatable bonds is 5. The molecule has 1 heterocycles. The molecule has 1 aromatic carbocycles. The molecule has 0 aliphatic heterocycles. The molecule has 0 bridgehead atoms. The molecule has 0 fully saturated rings. The summed E-state index contributed by atoms with van der Waals surface area (Å²) in [5.41, 5.74) is 7.51. The molecule has 106 valence electrons. The second-order valence-electron chi connectivity index (χ2n) is 5.44. The SMILES string of the molecule is CCCNCc1cc(-c2cnc(C)c(C)c2)ccc1C. The highest BCUT2D eigenvalue weighted by atomic mass is 14.8. The van der Waals surface area contributed by atoms with Gasteiger partial charge >= 0.3 is 0 Å². The van der Waals surface area contributed by atoms with E-state index in [0.717, 1.165) is 18.8 Å². The minimum absolute atomic E-state index is 0.936. The van der Waals surface area contributed by atoms with Crippen molar-refractivity contribution in [2.24, 2.45) is 0 Å². The Hall–Kier alpha value is -1.67.